The molecule has 0 aliphatic rings. The first-order valence-electron chi connectivity index (χ1n) is 8.49. The van der Waals surface area contributed by atoms with Crippen molar-refractivity contribution in [3.05, 3.63) is 64.6 Å². The van der Waals surface area contributed by atoms with Crippen molar-refractivity contribution >= 4 is 34.5 Å². The van der Waals surface area contributed by atoms with E-state index in [2.05, 4.69) is 10.3 Å². The van der Waals surface area contributed by atoms with Crippen molar-refractivity contribution < 1.29 is 14.4 Å². The Kier molecular flexibility index (Phi) is 6.45. The Morgan fingerprint density at radius 1 is 1.19 bits per heavy atom. The lowest BCUT2D eigenvalue weighted by atomic mass is 10.2. The van der Waals surface area contributed by atoms with Gasteiger partial charge in [0.25, 0.3) is 5.91 Å². The lowest BCUT2D eigenvalue weighted by molar-refractivity contribution is -0.885. The number of nitrogens with zero attached hydrogens (tertiary/aromatic N) is 1. The smallest absolute Gasteiger partial charge is 0.279 e. The Hall–Kier alpha value is -2.41. The number of halogens is 1. The lowest BCUT2D eigenvalue weighted by Crippen LogP contribution is -3.08. The molecular weight excluding hydrogens is 382 g/mol. The third-order valence-electron chi connectivity index (χ3n) is 3.96. The van der Waals surface area contributed by atoms with Crippen LogP contribution in [0.1, 0.15) is 5.69 Å². The van der Waals surface area contributed by atoms with E-state index in [0.717, 1.165) is 32.6 Å². The van der Waals surface area contributed by atoms with E-state index in [9.17, 15) is 4.79 Å². The maximum Gasteiger partial charge on any atom is 0.279 e. The Labute approximate surface area is 167 Å². The molecule has 0 radical (unpaired) electrons. The minimum atomic E-state index is -0.0413. The maximum absolute atomic E-state index is 12.2. The second-order valence-electron chi connectivity index (χ2n) is 6.24. The number of thiazole rings is 1. The monoisotopic (exact) mass is 402 g/mol. The molecule has 2 N–H and O–H groups in total. The van der Waals surface area contributed by atoms with Crippen molar-refractivity contribution in [3.8, 4) is 16.3 Å². The van der Waals surface area contributed by atoms with Gasteiger partial charge in [-0.05, 0) is 48.5 Å². The van der Waals surface area contributed by atoms with Crippen molar-refractivity contribution in [2.45, 2.75) is 6.54 Å². The predicted octanol–water partition coefficient (Wildman–Crippen LogP) is 3.13. The van der Waals surface area contributed by atoms with Crippen LogP contribution in [0.25, 0.3) is 10.6 Å². The first kappa shape index (κ1) is 19.4. The molecule has 140 valence electrons. The summed E-state index contributed by atoms with van der Waals surface area (Å²) in [5, 5.41) is 6.53. The molecule has 1 aromatic heterocycles. The molecule has 1 unspecified atom stereocenters. The number of aromatic nitrogens is 1. The van der Waals surface area contributed by atoms with Gasteiger partial charge in [0.15, 0.2) is 6.54 Å². The number of quaternary nitrogens is 1. The Bertz CT molecular complexity index is 894. The average Bonchev–Trinajstić information content (AvgIpc) is 3.12. The molecule has 3 aromatic rings. The molecule has 5 nitrogen and oxygen atoms in total. The molecule has 0 saturated heterocycles. The zero-order valence-electron chi connectivity index (χ0n) is 15.2. The van der Waals surface area contributed by atoms with Crippen LogP contribution < -0.4 is 15.0 Å². The summed E-state index contributed by atoms with van der Waals surface area (Å²) in [6.45, 7) is 1.04. The van der Waals surface area contributed by atoms with Crippen molar-refractivity contribution in [1.82, 2.24) is 4.98 Å². The molecular formula is C20H21ClN3O2S+. The molecule has 0 fully saturated rings. The predicted molar refractivity (Wildman–Crippen MR) is 110 cm³/mol. The highest BCUT2D eigenvalue weighted by atomic mass is 35.5. The topological polar surface area (TPSA) is 55.7 Å². The molecule has 7 heteroatoms. The second-order valence-corrected chi connectivity index (χ2v) is 7.53. The number of rotatable bonds is 7. The molecule has 0 bridgehead atoms. The highest BCUT2D eigenvalue weighted by Gasteiger charge is 2.13. The zero-order chi connectivity index (χ0) is 19.2. The van der Waals surface area contributed by atoms with Crippen LogP contribution in [0.4, 0.5) is 5.69 Å². The number of likely N-dealkylation sites (N-methyl/N-ethyl adjacent to an activating group) is 1. The van der Waals surface area contributed by atoms with Crippen molar-refractivity contribution in [2.75, 3.05) is 26.0 Å². The van der Waals surface area contributed by atoms with E-state index in [1.807, 2.05) is 36.7 Å². The van der Waals surface area contributed by atoms with Gasteiger partial charge in [0.2, 0.25) is 0 Å². The highest BCUT2D eigenvalue weighted by Crippen LogP contribution is 2.25. The van der Waals surface area contributed by atoms with E-state index in [1.165, 1.54) is 0 Å². The summed E-state index contributed by atoms with van der Waals surface area (Å²) in [5.41, 5.74) is 2.78. The highest BCUT2D eigenvalue weighted by molar-refractivity contribution is 7.13. The summed E-state index contributed by atoms with van der Waals surface area (Å²) in [5.74, 6) is 0.784. The molecule has 2 aromatic carbocycles. The standard InChI is InChI=1S/C20H20ClN3O2S/c1-24(12-19(25)22-16-7-5-15(21)6-8-16)11-17-13-27-20(23-17)14-3-9-18(26-2)10-4-14/h3-10,13H,11-12H2,1-2H3,(H,22,25)/p+1. The van der Waals surface area contributed by atoms with Gasteiger partial charge in [-0.2, -0.15) is 0 Å². The van der Waals surface area contributed by atoms with E-state index in [4.69, 9.17) is 16.3 Å². The van der Waals surface area contributed by atoms with Crippen LogP contribution in [0.5, 0.6) is 5.75 Å². The van der Waals surface area contributed by atoms with Gasteiger partial charge in [-0.15, -0.1) is 11.3 Å². The van der Waals surface area contributed by atoms with E-state index < -0.39 is 0 Å². The average molecular weight is 403 g/mol. The first-order valence-corrected chi connectivity index (χ1v) is 9.75. The van der Waals surface area contributed by atoms with Gasteiger partial charge in [-0.1, -0.05) is 11.6 Å². The number of anilines is 1. The molecule has 3 rings (SSSR count). The van der Waals surface area contributed by atoms with Gasteiger partial charge in [0.1, 0.15) is 23.0 Å². The third kappa shape index (κ3) is 5.53. The number of nitrogens with one attached hydrogen (secondary N) is 2. The lowest BCUT2D eigenvalue weighted by Gasteiger charge is -2.12. The summed E-state index contributed by atoms with van der Waals surface area (Å²) in [6, 6.07) is 14.9. The van der Waals surface area contributed by atoms with Crippen LogP contribution in [-0.2, 0) is 11.3 Å². The fraction of sp³-hybridized carbons (Fsp3) is 0.200. The molecule has 0 saturated carbocycles. The number of amides is 1. The Morgan fingerprint density at radius 3 is 2.56 bits per heavy atom. The van der Waals surface area contributed by atoms with E-state index >= 15 is 0 Å². The third-order valence-corrected chi connectivity index (χ3v) is 5.15. The fourth-order valence-corrected chi connectivity index (χ4v) is 3.59. The van der Waals surface area contributed by atoms with Crippen LogP contribution >= 0.6 is 22.9 Å². The number of methoxy groups -OCH3 is 1. The molecule has 0 aliphatic carbocycles. The molecule has 0 spiro atoms. The molecule has 1 atom stereocenters. The minimum Gasteiger partial charge on any atom is -0.497 e. The number of ether oxygens (including phenoxy) is 1. The summed E-state index contributed by atoms with van der Waals surface area (Å²) >= 11 is 7.46. The normalized spacial score (nSPS) is 11.8. The summed E-state index contributed by atoms with van der Waals surface area (Å²) < 4.78 is 5.18. The SMILES string of the molecule is COc1ccc(-c2nc(C[NH+](C)CC(=O)Nc3ccc(Cl)cc3)cs2)cc1. The first-order chi connectivity index (χ1) is 13.0. The number of hydrogen-bond donors (Lipinski definition) is 2. The number of benzene rings is 2. The number of hydrogen-bond acceptors (Lipinski definition) is 4. The zero-order valence-corrected chi connectivity index (χ0v) is 16.7. The summed E-state index contributed by atoms with van der Waals surface area (Å²) in [6.07, 6.45) is 0. The molecule has 27 heavy (non-hydrogen) atoms. The van der Waals surface area contributed by atoms with Crippen LogP contribution in [0, 0.1) is 0 Å². The van der Waals surface area contributed by atoms with Crippen LogP contribution in [0.15, 0.2) is 53.9 Å². The van der Waals surface area contributed by atoms with E-state index in [-0.39, 0.29) is 5.91 Å². The number of carbonyl (C=O) groups excluding carboxylic acids is 1. The largest absolute Gasteiger partial charge is 0.497 e. The van der Waals surface area contributed by atoms with Crippen LogP contribution in [-0.4, -0.2) is 31.6 Å². The van der Waals surface area contributed by atoms with Gasteiger partial charge in [0, 0.05) is 21.7 Å². The summed E-state index contributed by atoms with van der Waals surface area (Å²) in [7, 11) is 3.63. The van der Waals surface area contributed by atoms with E-state index in [1.54, 1.807) is 42.7 Å². The van der Waals surface area contributed by atoms with Gasteiger partial charge in [0.05, 0.1) is 14.2 Å². The molecule has 0 aliphatic heterocycles. The van der Waals surface area contributed by atoms with Gasteiger partial charge >= 0.3 is 0 Å². The quantitative estimate of drug-likeness (QED) is 0.638. The van der Waals surface area contributed by atoms with E-state index in [0.29, 0.717) is 18.1 Å². The maximum atomic E-state index is 12.2. The van der Waals surface area contributed by atoms with Crippen molar-refractivity contribution in [1.29, 1.82) is 0 Å². The van der Waals surface area contributed by atoms with Crippen LogP contribution in [0.3, 0.4) is 0 Å². The minimum absolute atomic E-state index is 0.0413. The second kappa shape index (κ2) is 8.99. The van der Waals surface area contributed by atoms with Crippen molar-refractivity contribution in [3.63, 3.8) is 0 Å². The Balaban J connectivity index is 1.54. The molecule has 1 amide bonds. The molecule has 1 heterocycles. The van der Waals surface area contributed by atoms with Crippen molar-refractivity contribution in [2.24, 2.45) is 0 Å². The van der Waals surface area contributed by atoms with Crippen LogP contribution in [0.2, 0.25) is 5.02 Å². The fourth-order valence-electron chi connectivity index (χ4n) is 2.64. The van der Waals surface area contributed by atoms with Gasteiger partial charge < -0.3 is 15.0 Å². The van der Waals surface area contributed by atoms with Gasteiger partial charge in [-0.25, -0.2) is 4.98 Å². The number of carbonyl (C=O) groups is 1. The Morgan fingerprint density at radius 2 is 1.89 bits per heavy atom. The summed E-state index contributed by atoms with van der Waals surface area (Å²) in [4.78, 5) is 17.9. The van der Waals surface area contributed by atoms with Gasteiger partial charge in [-0.3, -0.25) is 4.79 Å².